The Kier molecular flexibility index (Phi) is 3.60. The molecule has 21 heavy (non-hydrogen) atoms. The van der Waals surface area contributed by atoms with Crippen molar-refractivity contribution in [3.8, 4) is 5.75 Å². The van der Waals surface area contributed by atoms with Gasteiger partial charge in [-0.2, -0.15) is 0 Å². The van der Waals surface area contributed by atoms with Crippen LogP contribution in [0.3, 0.4) is 0 Å². The van der Waals surface area contributed by atoms with Crippen LogP contribution in [0.2, 0.25) is 0 Å². The second-order valence-corrected chi connectivity index (χ2v) is 4.71. The van der Waals surface area contributed by atoms with Crippen molar-refractivity contribution >= 4 is 27.8 Å². The highest BCUT2D eigenvalue weighted by atomic mass is 16.5. The molecule has 0 saturated carbocycles. The molecule has 0 unspecified atom stereocenters. The molecule has 0 atom stereocenters. The van der Waals surface area contributed by atoms with E-state index in [9.17, 15) is 0 Å². The molecule has 0 fully saturated rings. The number of nitrogens with zero attached hydrogens (tertiary/aromatic N) is 1. The van der Waals surface area contributed by atoms with Crippen LogP contribution in [-0.2, 0) is 0 Å². The Morgan fingerprint density at radius 3 is 2.95 bits per heavy atom. The first-order valence-corrected chi connectivity index (χ1v) is 6.90. The molecule has 1 aromatic heterocycles. The van der Waals surface area contributed by atoms with Crippen molar-refractivity contribution in [2.24, 2.45) is 0 Å². The number of nitrogens with one attached hydrogen (secondary N) is 1. The quantitative estimate of drug-likeness (QED) is 0.710. The first-order valence-electron chi connectivity index (χ1n) is 6.90. The van der Waals surface area contributed by atoms with Gasteiger partial charge in [-0.05, 0) is 36.6 Å². The molecule has 4 heteroatoms. The third-order valence-electron chi connectivity index (χ3n) is 3.28. The standard InChI is InChI=1S/C17H17N3O/c1-2-21-17-10-13(6-7-15(17)18)20-16-5-3-4-12-8-9-19-11-14(12)16/h3-11,20H,2,18H2,1H3. The minimum Gasteiger partial charge on any atom is -0.492 e. The molecule has 3 aromatic rings. The summed E-state index contributed by atoms with van der Waals surface area (Å²) in [7, 11) is 0. The monoisotopic (exact) mass is 279 g/mol. The highest BCUT2D eigenvalue weighted by Crippen LogP contribution is 2.30. The summed E-state index contributed by atoms with van der Waals surface area (Å²) in [5.74, 6) is 0.695. The van der Waals surface area contributed by atoms with Crippen LogP contribution in [0.25, 0.3) is 10.8 Å². The fourth-order valence-corrected chi connectivity index (χ4v) is 2.27. The number of hydrogen-bond donors (Lipinski definition) is 2. The van der Waals surface area contributed by atoms with Crippen molar-refractivity contribution in [1.29, 1.82) is 0 Å². The van der Waals surface area contributed by atoms with Gasteiger partial charge in [0.1, 0.15) is 5.75 Å². The maximum absolute atomic E-state index is 5.90. The zero-order chi connectivity index (χ0) is 14.7. The molecular weight excluding hydrogens is 262 g/mol. The van der Waals surface area contributed by atoms with E-state index in [-0.39, 0.29) is 0 Å². The predicted molar refractivity (Wildman–Crippen MR) is 87.0 cm³/mol. The van der Waals surface area contributed by atoms with Crippen molar-refractivity contribution in [2.75, 3.05) is 17.7 Å². The van der Waals surface area contributed by atoms with Crippen LogP contribution in [0.5, 0.6) is 5.75 Å². The van der Waals surface area contributed by atoms with Crippen molar-refractivity contribution in [2.45, 2.75) is 6.92 Å². The van der Waals surface area contributed by atoms with Gasteiger partial charge in [0.05, 0.1) is 12.3 Å². The molecule has 0 bridgehead atoms. The molecule has 0 radical (unpaired) electrons. The Morgan fingerprint density at radius 2 is 2.10 bits per heavy atom. The summed E-state index contributed by atoms with van der Waals surface area (Å²) >= 11 is 0. The van der Waals surface area contributed by atoms with Crippen molar-refractivity contribution in [3.05, 3.63) is 54.9 Å². The van der Waals surface area contributed by atoms with Crippen molar-refractivity contribution in [3.63, 3.8) is 0 Å². The normalized spacial score (nSPS) is 10.5. The van der Waals surface area contributed by atoms with Gasteiger partial charge in [-0.25, -0.2) is 0 Å². The lowest BCUT2D eigenvalue weighted by atomic mass is 10.1. The van der Waals surface area contributed by atoms with Gasteiger partial charge in [0.15, 0.2) is 0 Å². The lowest BCUT2D eigenvalue weighted by molar-refractivity contribution is 0.342. The highest BCUT2D eigenvalue weighted by molar-refractivity contribution is 5.94. The molecule has 3 N–H and O–H groups in total. The Bertz CT molecular complexity index is 766. The van der Waals surface area contributed by atoms with E-state index in [4.69, 9.17) is 10.5 Å². The zero-order valence-electron chi connectivity index (χ0n) is 11.8. The summed E-state index contributed by atoms with van der Waals surface area (Å²) in [6.45, 7) is 2.53. The van der Waals surface area contributed by atoms with E-state index in [1.54, 1.807) is 6.20 Å². The molecule has 0 aliphatic carbocycles. The summed E-state index contributed by atoms with van der Waals surface area (Å²) in [4.78, 5) is 4.19. The van der Waals surface area contributed by atoms with Gasteiger partial charge < -0.3 is 15.8 Å². The Balaban J connectivity index is 1.97. The predicted octanol–water partition coefficient (Wildman–Crippen LogP) is 3.96. The van der Waals surface area contributed by atoms with E-state index in [1.807, 2.05) is 49.5 Å². The second kappa shape index (κ2) is 5.71. The second-order valence-electron chi connectivity index (χ2n) is 4.71. The maximum atomic E-state index is 5.90. The molecule has 0 aliphatic heterocycles. The molecule has 4 nitrogen and oxygen atoms in total. The summed E-state index contributed by atoms with van der Waals surface area (Å²) in [6.07, 6.45) is 3.65. The molecule has 2 aromatic carbocycles. The lowest BCUT2D eigenvalue weighted by Crippen LogP contribution is -1.98. The number of ether oxygens (including phenoxy) is 1. The summed E-state index contributed by atoms with van der Waals surface area (Å²) in [6, 6.07) is 13.8. The van der Waals surface area contributed by atoms with Crippen LogP contribution >= 0.6 is 0 Å². The molecule has 0 spiro atoms. The number of nitrogens with two attached hydrogens (primary N) is 1. The van der Waals surface area contributed by atoms with Gasteiger partial charge in [0.25, 0.3) is 0 Å². The first kappa shape index (κ1) is 13.2. The molecule has 0 aliphatic rings. The van der Waals surface area contributed by atoms with Crippen LogP contribution in [0, 0.1) is 0 Å². The van der Waals surface area contributed by atoms with E-state index >= 15 is 0 Å². The summed E-state index contributed by atoms with van der Waals surface area (Å²) in [5, 5.41) is 5.62. The van der Waals surface area contributed by atoms with Crippen LogP contribution in [0.4, 0.5) is 17.1 Å². The number of aromatic nitrogens is 1. The topological polar surface area (TPSA) is 60.2 Å². The third kappa shape index (κ3) is 2.74. The van der Waals surface area contributed by atoms with E-state index in [2.05, 4.69) is 16.4 Å². The average molecular weight is 279 g/mol. The van der Waals surface area contributed by atoms with Gasteiger partial charge in [0, 0.05) is 35.2 Å². The molecule has 1 heterocycles. The molecule has 0 saturated heterocycles. The lowest BCUT2D eigenvalue weighted by Gasteiger charge is -2.12. The van der Waals surface area contributed by atoms with Gasteiger partial charge >= 0.3 is 0 Å². The van der Waals surface area contributed by atoms with Gasteiger partial charge in [-0.15, -0.1) is 0 Å². The van der Waals surface area contributed by atoms with E-state index in [0.29, 0.717) is 18.0 Å². The largest absolute Gasteiger partial charge is 0.492 e. The minimum absolute atomic E-state index is 0.589. The van der Waals surface area contributed by atoms with Gasteiger partial charge in [0.2, 0.25) is 0 Å². The van der Waals surface area contributed by atoms with Gasteiger partial charge in [-0.3, -0.25) is 4.98 Å². The number of hydrogen-bond acceptors (Lipinski definition) is 4. The number of nitrogen functional groups attached to an aromatic ring is 1. The number of rotatable bonds is 4. The van der Waals surface area contributed by atoms with Crippen molar-refractivity contribution in [1.82, 2.24) is 4.98 Å². The molecular formula is C17H17N3O. The van der Waals surface area contributed by atoms with Crippen LogP contribution in [0.1, 0.15) is 6.92 Å². The Morgan fingerprint density at radius 1 is 1.19 bits per heavy atom. The Labute approximate surface area is 123 Å². The summed E-state index contributed by atoms with van der Waals surface area (Å²) < 4.78 is 5.53. The van der Waals surface area contributed by atoms with Gasteiger partial charge in [-0.1, -0.05) is 12.1 Å². The van der Waals surface area contributed by atoms with Crippen LogP contribution in [-0.4, -0.2) is 11.6 Å². The van der Waals surface area contributed by atoms with Crippen molar-refractivity contribution < 1.29 is 4.74 Å². The maximum Gasteiger partial charge on any atom is 0.144 e. The van der Waals surface area contributed by atoms with Crippen LogP contribution < -0.4 is 15.8 Å². The molecule has 0 amide bonds. The van der Waals surface area contributed by atoms with E-state index < -0.39 is 0 Å². The Hall–Kier alpha value is -2.75. The zero-order valence-corrected chi connectivity index (χ0v) is 11.8. The van der Waals surface area contributed by atoms with E-state index in [1.165, 1.54) is 0 Å². The fourth-order valence-electron chi connectivity index (χ4n) is 2.27. The number of pyridine rings is 1. The van der Waals surface area contributed by atoms with Crippen LogP contribution in [0.15, 0.2) is 54.9 Å². The third-order valence-corrected chi connectivity index (χ3v) is 3.28. The SMILES string of the molecule is CCOc1cc(Nc2cccc3ccncc23)ccc1N. The molecule has 3 rings (SSSR count). The number of benzene rings is 2. The fraction of sp³-hybridized carbons (Fsp3) is 0.118. The minimum atomic E-state index is 0.589. The number of fused-ring (bicyclic) bond motifs is 1. The molecule has 106 valence electrons. The highest BCUT2D eigenvalue weighted by Gasteiger charge is 2.04. The smallest absolute Gasteiger partial charge is 0.144 e. The number of anilines is 3. The summed E-state index contributed by atoms with van der Waals surface area (Å²) in [5.41, 5.74) is 8.48. The van der Waals surface area contributed by atoms with E-state index in [0.717, 1.165) is 22.1 Å². The average Bonchev–Trinajstić information content (AvgIpc) is 2.51. The first-order chi connectivity index (χ1) is 10.3.